The van der Waals surface area contributed by atoms with E-state index in [4.69, 9.17) is 4.74 Å². The molecule has 4 heteroatoms. The number of ether oxygens (including phenoxy) is 1. The van der Waals surface area contributed by atoms with Crippen molar-refractivity contribution in [1.82, 2.24) is 10.2 Å². The molecule has 3 nitrogen and oxygen atoms in total. The Bertz CT molecular complexity index is 384. The summed E-state index contributed by atoms with van der Waals surface area (Å²) < 4.78 is 5.83. The van der Waals surface area contributed by atoms with E-state index in [1.807, 2.05) is 13.1 Å². The molecule has 1 aliphatic heterocycles. The van der Waals surface area contributed by atoms with E-state index in [9.17, 15) is 0 Å². The quantitative estimate of drug-likeness (QED) is 0.874. The first-order chi connectivity index (χ1) is 9.28. The van der Waals surface area contributed by atoms with Crippen LogP contribution in [0.1, 0.15) is 18.4 Å². The Labute approximate surface area is 129 Å². The van der Waals surface area contributed by atoms with Crippen molar-refractivity contribution in [2.45, 2.75) is 19.8 Å². The molecule has 0 aromatic heterocycles. The van der Waals surface area contributed by atoms with Crippen LogP contribution in [-0.2, 0) is 0 Å². The van der Waals surface area contributed by atoms with Crippen molar-refractivity contribution >= 4 is 12.4 Å². The number of nitrogens with zero attached hydrogens (tertiary/aromatic N) is 1. The lowest BCUT2D eigenvalue weighted by Crippen LogP contribution is -2.40. The van der Waals surface area contributed by atoms with Gasteiger partial charge >= 0.3 is 0 Å². The van der Waals surface area contributed by atoms with Crippen LogP contribution in [0.15, 0.2) is 24.3 Å². The molecule has 20 heavy (non-hydrogen) atoms. The number of hydrogen-bond acceptors (Lipinski definition) is 3. The topological polar surface area (TPSA) is 24.5 Å². The molecule has 1 aromatic carbocycles. The van der Waals surface area contributed by atoms with Gasteiger partial charge in [0.2, 0.25) is 0 Å². The van der Waals surface area contributed by atoms with Crippen molar-refractivity contribution in [2.75, 3.05) is 39.8 Å². The minimum absolute atomic E-state index is 0. The van der Waals surface area contributed by atoms with Crippen molar-refractivity contribution in [3.05, 3.63) is 29.8 Å². The number of likely N-dealkylation sites (tertiary alicyclic amines) is 1. The zero-order valence-electron chi connectivity index (χ0n) is 12.6. The van der Waals surface area contributed by atoms with Crippen LogP contribution in [0, 0.1) is 12.8 Å². The average Bonchev–Trinajstić information content (AvgIpc) is 2.40. The van der Waals surface area contributed by atoms with E-state index in [0.717, 1.165) is 31.4 Å². The van der Waals surface area contributed by atoms with Crippen molar-refractivity contribution in [3.8, 4) is 5.75 Å². The number of benzene rings is 1. The molecular weight excluding hydrogens is 272 g/mol. The molecule has 0 spiro atoms. The molecule has 0 radical (unpaired) electrons. The second-order valence-electron chi connectivity index (χ2n) is 5.53. The highest BCUT2D eigenvalue weighted by molar-refractivity contribution is 5.85. The predicted molar refractivity (Wildman–Crippen MR) is 87.0 cm³/mol. The zero-order chi connectivity index (χ0) is 13.5. The molecule has 1 aliphatic rings. The van der Waals surface area contributed by atoms with Crippen LogP contribution in [0.25, 0.3) is 0 Å². The SMILES string of the molecule is CNCC1CCCN(CCOc2cccc(C)c2)C1.Cl. The van der Waals surface area contributed by atoms with Gasteiger partial charge in [-0.3, -0.25) is 4.90 Å². The van der Waals surface area contributed by atoms with Crippen LogP contribution < -0.4 is 10.1 Å². The van der Waals surface area contributed by atoms with Crippen molar-refractivity contribution in [3.63, 3.8) is 0 Å². The fraction of sp³-hybridized carbons (Fsp3) is 0.625. The normalized spacial score (nSPS) is 19.4. The Hall–Kier alpha value is -0.770. The Kier molecular flexibility index (Phi) is 7.97. The minimum atomic E-state index is 0. The monoisotopic (exact) mass is 298 g/mol. The summed E-state index contributed by atoms with van der Waals surface area (Å²) in [7, 11) is 2.04. The number of piperidine rings is 1. The maximum Gasteiger partial charge on any atom is 0.119 e. The maximum absolute atomic E-state index is 5.83. The molecule has 1 unspecified atom stereocenters. The number of rotatable bonds is 6. The van der Waals surface area contributed by atoms with E-state index in [2.05, 4.69) is 35.3 Å². The molecule has 114 valence electrons. The Morgan fingerprint density at radius 3 is 3.00 bits per heavy atom. The summed E-state index contributed by atoms with van der Waals surface area (Å²) in [5, 5.41) is 3.29. The van der Waals surface area contributed by atoms with Gasteiger partial charge in [-0.25, -0.2) is 0 Å². The van der Waals surface area contributed by atoms with Crippen molar-refractivity contribution < 1.29 is 4.74 Å². The highest BCUT2D eigenvalue weighted by Gasteiger charge is 2.18. The van der Waals surface area contributed by atoms with E-state index in [0.29, 0.717) is 0 Å². The second kappa shape index (κ2) is 9.22. The molecule has 1 aromatic rings. The van der Waals surface area contributed by atoms with Crippen LogP contribution in [0.3, 0.4) is 0 Å². The fourth-order valence-corrected chi connectivity index (χ4v) is 2.81. The maximum atomic E-state index is 5.83. The summed E-state index contributed by atoms with van der Waals surface area (Å²) in [6, 6.07) is 8.28. The van der Waals surface area contributed by atoms with Crippen molar-refractivity contribution in [1.29, 1.82) is 0 Å². The van der Waals surface area contributed by atoms with Gasteiger partial charge in [0.15, 0.2) is 0 Å². The lowest BCUT2D eigenvalue weighted by atomic mass is 9.98. The van der Waals surface area contributed by atoms with Crippen molar-refractivity contribution in [2.24, 2.45) is 5.92 Å². The van der Waals surface area contributed by atoms with Crippen LogP contribution in [-0.4, -0.2) is 44.7 Å². The summed E-state index contributed by atoms with van der Waals surface area (Å²) >= 11 is 0. The van der Waals surface area contributed by atoms with Gasteiger partial charge < -0.3 is 10.1 Å². The summed E-state index contributed by atoms with van der Waals surface area (Å²) in [6.07, 6.45) is 2.67. The highest BCUT2D eigenvalue weighted by Crippen LogP contribution is 2.16. The third kappa shape index (κ3) is 5.70. The lowest BCUT2D eigenvalue weighted by Gasteiger charge is -2.32. The van der Waals surface area contributed by atoms with Gasteiger partial charge in [-0.05, 0) is 63.5 Å². The summed E-state index contributed by atoms with van der Waals surface area (Å²) in [5.74, 6) is 1.79. The molecule has 2 rings (SSSR count). The number of halogens is 1. The van der Waals surface area contributed by atoms with E-state index >= 15 is 0 Å². The Morgan fingerprint density at radius 2 is 2.25 bits per heavy atom. The van der Waals surface area contributed by atoms with E-state index in [1.165, 1.54) is 31.5 Å². The first-order valence-electron chi connectivity index (χ1n) is 7.34. The van der Waals surface area contributed by atoms with Gasteiger partial charge in [0.25, 0.3) is 0 Å². The minimum Gasteiger partial charge on any atom is -0.492 e. The summed E-state index contributed by atoms with van der Waals surface area (Å²) in [5.41, 5.74) is 1.25. The van der Waals surface area contributed by atoms with Gasteiger partial charge in [0.05, 0.1) is 0 Å². The Morgan fingerprint density at radius 1 is 1.40 bits per heavy atom. The number of nitrogens with one attached hydrogen (secondary N) is 1. The van der Waals surface area contributed by atoms with Gasteiger partial charge in [-0.15, -0.1) is 12.4 Å². The smallest absolute Gasteiger partial charge is 0.119 e. The van der Waals surface area contributed by atoms with Gasteiger partial charge in [-0.1, -0.05) is 12.1 Å². The second-order valence-corrected chi connectivity index (χ2v) is 5.53. The van der Waals surface area contributed by atoms with Crippen LogP contribution >= 0.6 is 12.4 Å². The molecule has 0 bridgehead atoms. The van der Waals surface area contributed by atoms with E-state index < -0.39 is 0 Å². The van der Waals surface area contributed by atoms with E-state index in [-0.39, 0.29) is 12.4 Å². The molecule has 1 atom stereocenters. The van der Waals surface area contributed by atoms with Crippen LogP contribution in [0.2, 0.25) is 0 Å². The Balaban J connectivity index is 0.00000200. The third-order valence-electron chi connectivity index (χ3n) is 3.76. The number of aryl methyl sites for hydroxylation is 1. The standard InChI is InChI=1S/C16H26N2O.ClH/c1-14-5-3-7-16(11-14)19-10-9-18-8-4-6-15(13-18)12-17-2;/h3,5,7,11,15,17H,4,6,8-10,12-13H2,1-2H3;1H. The molecule has 1 heterocycles. The van der Waals surface area contributed by atoms with Crippen LogP contribution in [0.5, 0.6) is 5.75 Å². The molecule has 1 saturated heterocycles. The average molecular weight is 299 g/mol. The highest BCUT2D eigenvalue weighted by atomic mass is 35.5. The fourth-order valence-electron chi connectivity index (χ4n) is 2.81. The third-order valence-corrected chi connectivity index (χ3v) is 3.76. The van der Waals surface area contributed by atoms with E-state index in [1.54, 1.807) is 0 Å². The molecule has 0 aliphatic carbocycles. The lowest BCUT2D eigenvalue weighted by molar-refractivity contribution is 0.146. The molecular formula is C16H27ClN2O. The number of hydrogen-bond donors (Lipinski definition) is 1. The van der Waals surface area contributed by atoms with Gasteiger partial charge in [-0.2, -0.15) is 0 Å². The first-order valence-corrected chi connectivity index (χ1v) is 7.34. The predicted octanol–water partition coefficient (Wildman–Crippen LogP) is 2.73. The summed E-state index contributed by atoms with van der Waals surface area (Å²) in [4.78, 5) is 2.53. The largest absolute Gasteiger partial charge is 0.492 e. The molecule has 1 N–H and O–H groups in total. The molecule has 1 fully saturated rings. The first kappa shape index (κ1) is 17.3. The molecule has 0 saturated carbocycles. The molecule has 0 amide bonds. The zero-order valence-corrected chi connectivity index (χ0v) is 13.4. The summed E-state index contributed by atoms with van der Waals surface area (Å²) in [6.45, 7) is 7.48. The van der Waals surface area contributed by atoms with Gasteiger partial charge in [0, 0.05) is 13.1 Å². The van der Waals surface area contributed by atoms with Gasteiger partial charge in [0.1, 0.15) is 12.4 Å². The van der Waals surface area contributed by atoms with Crippen LogP contribution in [0.4, 0.5) is 0 Å².